The zero-order valence-corrected chi connectivity index (χ0v) is 9.00. The Hall–Kier alpha value is -0.0800. The number of unbranched alkanes of at least 4 members (excludes halogenated alkanes) is 1. The van der Waals surface area contributed by atoms with Crippen LogP contribution in [0.2, 0.25) is 0 Å². The van der Waals surface area contributed by atoms with Gasteiger partial charge in [0.1, 0.15) is 0 Å². The Balaban J connectivity index is 2.15. The molecule has 2 unspecified atom stereocenters. The van der Waals surface area contributed by atoms with E-state index in [1.807, 2.05) is 0 Å². The lowest BCUT2D eigenvalue weighted by Gasteiger charge is -2.22. The zero-order chi connectivity index (χ0) is 9.68. The standard InChI is InChI=1S/C11H23NO/c1-3-4-8-12(2)9-10-6-5-7-11(10)13/h10-11,13H,3-9H2,1-2H3. The maximum atomic E-state index is 9.64. The molecular weight excluding hydrogens is 162 g/mol. The summed E-state index contributed by atoms with van der Waals surface area (Å²) in [5, 5.41) is 9.64. The van der Waals surface area contributed by atoms with E-state index in [0.29, 0.717) is 5.92 Å². The maximum Gasteiger partial charge on any atom is 0.0580 e. The third-order valence-corrected chi connectivity index (χ3v) is 3.06. The summed E-state index contributed by atoms with van der Waals surface area (Å²) < 4.78 is 0. The molecule has 1 fully saturated rings. The van der Waals surface area contributed by atoms with E-state index in [0.717, 1.165) is 13.0 Å². The molecule has 0 saturated heterocycles. The molecule has 0 spiro atoms. The third kappa shape index (κ3) is 3.65. The van der Waals surface area contributed by atoms with Crippen molar-refractivity contribution in [1.29, 1.82) is 0 Å². The van der Waals surface area contributed by atoms with E-state index >= 15 is 0 Å². The average Bonchev–Trinajstić information content (AvgIpc) is 2.48. The molecular formula is C11H23NO. The van der Waals surface area contributed by atoms with Crippen molar-refractivity contribution in [2.24, 2.45) is 5.92 Å². The van der Waals surface area contributed by atoms with E-state index in [4.69, 9.17) is 0 Å². The molecule has 0 aromatic heterocycles. The molecule has 2 heteroatoms. The first kappa shape index (κ1) is 11.0. The Labute approximate surface area is 81.9 Å². The average molecular weight is 185 g/mol. The lowest BCUT2D eigenvalue weighted by molar-refractivity contribution is 0.109. The van der Waals surface area contributed by atoms with Crippen molar-refractivity contribution in [3.8, 4) is 0 Å². The fourth-order valence-corrected chi connectivity index (χ4v) is 2.15. The van der Waals surface area contributed by atoms with Crippen LogP contribution in [0.4, 0.5) is 0 Å². The van der Waals surface area contributed by atoms with Gasteiger partial charge < -0.3 is 10.0 Å². The van der Waals surface area contributed by atoms with E-state index in [2.05, 4.69) is 18.9 Å². The van der Waals surface area contributed by atoms with Gasteiger partial charge >= 0.3 is 0 Å². The van der Waals surface area contributed by atoms with Crippen molar-refractivity contribution in [3.63, 3.8) is 0 Å². The molecule has 1 N–H and O–H groups in total. The number of nitrogens with zero attached hydrogens (tertiary/aromatic N) is 1. The second-order valence-corrected chi connectivity index (χ2v) is 4.37. The highest BCUT2D eigenvalue weighted by atomic mass is 16.3. The predicted octanol–water partition coefficient (Wildman–Crippen LogP) is 1.88. The van der Waals surface area contributed by atoms with Crippen LogP contribution in [0.5, 0.6) is 0 Å². The molecule has 0 bridgehead atoms. The largest absolute Gasteiger partial charge is 0.393 e. The zero-order valence-electron chi connectivity index (χ0n) is 9.00. The summed E-state index contributed by atoms with van der Waals surface area (Å²) in [6.07, 6.45) is 5.97. The van der Waals surface area contributed by atoms with Crippen molar-refractivity contribution in [1.82, 2.24) is 4.90 Å². The summed E-state index contributed by atoms with van der Waals surface area (Å²) in [4.78, 5) is 2.36. The first-order valence-electron chi connectivity index (χ1n) is 5.60. The van der Waals surface area contributed by atoms with Gasteiger partial charge in [-0.05, 0) is 38.8 Å². The van der Waals surface area contributed by atoms with Crippen molar-refractivity contribution < 1.29 is 5.11 Å². The van der Waals surface area contributed by atoms with Crippen LogP contribution in [-0.4, -0.2) is 36.2 Å². The Morgan fingerprint density at radius 1 is 1.38 bits per heavy atom. The highest BCUT2D eigenvalue weighted by Crippen LogP contribution is 2.25. The minimum Gasteiger partial charge on any atom is -0.393 e. The number of hydrogen-bond acceptors (Lipinski definition) is 2. The molecule has 78 valence electrons. The number of aliphatic hydroxyl groups excluding tert-OH is 1. The molecule has 0 radical (unpaired) electrons. The van der Waals surface area contributed by atoms with Gasteiger partial charge in [-0.1, -0.05) is 19.8 Å². The Kier molecular flexibility index (Phi) is 4.74. The van der Waals surface area contributed by atoms with Gasteiger partial charge in [0.2, 0.25) is 0 Å². The van der Waals surface area contributed by atoms with Crippen molar-refractivity contribution >= 4 is 0 Å². The van der Waals surface area contributed by atoms with Gasteiger partial charge in [0.25, 0.3) is 0 Å². The van der Waals surface area contributed by atoms with Crippen LogP contribution in [0.15, 0.2) is 0 Å². The van der Waals surface area contributed by atoms with Crippen LogP contribution >= 0.6 is 0 Å². The van der Waals surface area contributed by atoms with Gasteiger partial charge in [-0.15, -0.1) is 0 Å². The quantitative estimate of drug-likeness (QED) is 0.707. The highest BCUT2D eigenvalue weighted by Gasteiger charge is 2.25. The summed E-state index contributed by atoms with van der Waals surface area (Å²) in [5.41, 5.74) is 0. The fourth-order valence-electron chi connectivity index (χ4n) is 2.15. The Morgan fingerprint density at radius 3 is 2.69 bits per heavy atom. The summed E-state index contributed by atoms with van der Waals surface area (Å²) in [5.74, 6) is 0.543. The molecule has 13 heavy (non-hydrogen) atoms. The van der Waals surface area contributed by atoms with Crippen LogP contribution in [0.25, 0.3) is 0 Å². The summed E-state index contributed by atoms with van der Waals surface area (Å²) in [6, 6.07) is 0. The first-order chi connectivity index (χ1) is 6.24. The van der Waals surface area contributed by atoms with Crippen molar-refractivity contribution in [2.75, 3.05) is 20.1 Å². The normalized spacial score (nSPS) is 28.6. The van der Waals surface area contributed by atoms with E-state index in [1.165, 1.54) is 32.2 Å². The van der Waals surface area contributed by atoms with E-state index < -0.39 is 0 Å². The van der Waals surface area contributed by atoms with Crippen LogP contribution in [0.1, 0.15) is 39.0 Å². The monoisotopic (exact) mass is 185 g/mol. The van der Waals surface area contributed by atoms with E-state index in [-0.39, 0.29) is 6.10 Å². The SMILES string of the molecule is CCCCN(C)CC1CCCC1O. The molecule has 0 heterocycles. The Morgan fingerprint density at radius 2 is 2.15 bits per heavy atom. The van der Waals surface area contributed by atoms with Gasteiger partial charge in [-0.25, -0.2) is 0 Å². The van der Waals surface area contributed by atoms with Gasteiger partial charge in [-0.3, -0.25) is 0 Å². The minimum atomic E-state index is -0.0240. The number of aliphatic hydroxyl groups is 1. The smallest absolute Gasteiger partial charge is 0.0580 e. The molecule has 1 aliphatic carbocycles. The van der Waals surface area contributed by atoms with Crippen LogP contribution in [-0.2, 0) is 0 Å². The summed E-state index contributed by atoms with van der Waals surface area (Å²) in [7, 11) is 2.17. The van der Waals surface area contributed by atoms with Gasteiger partial charge in [0.15, 0.2) is 0 Å². The molecule has 0 aromatic rings. The highest BCUT2D eigenvalue weighted by molar-refractivity contribution is 4.78. The molecule has 0 aliphatic heterocycles. The molecule has 0 amide bonds. The van der Waals surface area contributed by atoms with Crippen LogP contribution in [0, 0.1) is 5.92 Å². The second kappa shape index (κ2) is 5.61. The molecule has 1 rings (SSSR count). The maximum absolute atomic E-state index is 9.64. The van der Waals surface area contributed by atoms with Crippen molar-refractivity contribution in [2.45, 2.75) is 45.1 Å². The van der Waals surface area contributed by atoms with Crippen LogP contribution in [0.3, 0.4) is 0 Å². The minimum absolute atomic E-state index is 0.0240. The molecule has 0 aromatic carbocycles. The van der Waals surface area contributed by atoms with E-state index in [9.17, 15) is 5.11 Å². The fraction of sp³-hybridized carbons (Fsp3) is 1.00. The van der Waals surface area contributed by atoms with Gasteiger partial charge in [0, 0.05) is 6.54 Å². The van der Waals surface area contributed by atoms with Gasteiger partial charge in [-0.2, -0.15) is 0 Å². The second-order valence-electron chi connectivity index (χ2n) is 4.37. The Bertz CT molecular complexity index is 138. The molecule has 1 saturated carbocycles. The topological polar surface area (TPSA) is 23.5 Å². The van der Waals surface area contributed by atoms with Crippen LogP contribution < -0.4 is 0 Å². The first-order valence-corrected chi connectivity index (χ1v) is 5.60. The lowest BCUT2D eigenvalue weighted by atomic mass is 10.1. The molecule has 2 atom stereocenters. The number of rotatable bonds is 5. The van der Waals surface area contributed by atoms with E-state index in [1.54, 1.807) is 0 Å². The predicted molar refractivity (Wildman–Crippen MR) is 55.8 cm³/mol. The lowest BCUT2D eigenvalue weighted by Crippen LogP contribution is -2.30. The van der Waals surface area contributed by atoms with Gasteiger partial charge in [0.05, 0.1) is 6.10 Å². The molecule has 2 nitrogen and oxygen atoms in total. The third-order valence-electron chi connectivity index (χ3n) is 3.06. The molecule has 1 aliphatic rings. The summed E-state index contributed by atoms with van der Waals surface area (Å²) in [6.45, 7) is 4.49. The van der Waals surface area contributed by atoms with Crippen molar-refractivity contribution in [3.05, 3.63) is 0 Å². The number of hydrogen-bond donors (Lipinski definition) is 1. The summed E-state index contributed by atoms with van der Waals surface area (Å²) >= 11 is 0.